The minimum atomic E-state index is -0.517. The number of carbonyl (C=O) groups excluding carboxylic acids is 1. The molecule has 0 bridgehead atoms. The molecular weight excluding hydrogens is 335 g/mol. The highest BCUT2D eigenvalue weighted by Crippen LogP contribution is 2.13. The lowest BCUT2D eigenvalue weighted by molar-refractivity contribution is -0.119. The molecule has 0 radical (unpaired) electrons. The number of aliphatic imine (C=N–C) groups is 1. The SMILES string of the molecule is CN=C(NCCc1cccc(F)c1)NCc1cccc(OCC(N)=O)c1. The molecule has 0 aliphatic carbocycles. The summed E-state index contributed by atoms with van der Waals surface area (Å²) in [4.78, 5) is 14.9. The Morgan fingerprint density at radius 1 is 1.15 bits per heavy atom. The molecule has 1 amide bonds. The third-order valence-corrected chi connectivity index (χ3v) is 3.56. The quantitative estimate of drug-likeness (QED) is 0.494. The van der Waals surface area contributed by atoms with Crippen LogP contribution >= 0.6 is 0 Å². The van der Waals surface area contributed by atoms with Crippen molar-refractivity contribution < 1.29 is 13.9 Å². The van der Waals surface area contributed by atoms with Crippen molar-refractivity contribution in [2.45, 2.75) is 13.0 Å². The predicted octanol–water partition coefficient (Wildman–Crippen LogP) is 1.60. The highest BCUT2D eigenvalue weighted by Gasteiger charge is 2.02. The smallest absolute Gasteiger partial charge is 0.255 e. The number of ether oxygens (including phenoxy) is 1. The summed E-state index contributed by atoms with van der Waals surface area (Å²) < 4.78 is 18.5. The molecule has 6 nitrogen and oxygen atoms in total. The Kier molecular flexibility index (Phi) is 7.42. The third kappa shape index (κ3) is 6.80. The largest absolute Gasteiger partial charge is 0.484 e. The number of nitrogens with zero attached hydrogens (tertiary/aromatic N) is 1. The molecule has 138 valence electrons. The van der Waals surface area contributed by atoms with Gasteiger partial charge in [0.15, 0.2) is 12.6 Å². The topological polar surface area (TPSA) is 88.7 Å². The molecule has 0 saturated heterocycles. The van der Waals surface area contributed by atoms with Crippen LogP contribution in [0.4, 0.5) is 4.39 Å². The lowest BCUT2D eigenvalue weighted by Crippen LogP contribution is -2.37. The Bertz CT molecular complexity index is 765. The molecule has 0 aliphatic heterocycles. The zero-order valence-electron chi connectivity index (χ0n) is 14.7. The average Bonchev–Trinajstić information content (AvgIpc) is 2.63. The Labute approximate surface area is 152 Å². The fourth-order valence-corrected chi connectivity index (χ4v) is 2.32. The van der Waals surface area contributed by atoms with E-state index in [1.54, 1.807) is 19.2 Å². The molecule has 2 aromatic carbocycles. The highest BCUT2D eigenvalue weighted by atomic mass is 19.1. The van der Waals surface area contributed by atoms with Crippen LogP contribution in [0.2, 0.25) is 0 Å². The molecule has 0 aromatic heterocycles. The first kappa shape index (κ1) is 19.2. The Hall–Kier alpha value is -3.09. The first-order valence-corrected chi connectivity index (χ1v) is 8.26. The van der Waals surface area contributed by atoms with Gasteiger partial charge in [-0.05, 0) is 41.8 Å². The standard InChI is InChI=1S/C19H23FN4O2/c1-22-19(23-9-8-14-4-2-6-16(20)10-14)24-12-15-5-3-7-17(11-15)26-13-18(21)25/h2-7,10-11H,8-9,12-13H2,1H3,(H2,21,25)(H2,22,23,24). The zero-order valence-corrected chi connectivity index (χ0v) is 14.7. The second kappa shape index (κ2) is 10.0. The summed E-state index contributed by atoms with van der Waals surface area (Å²) in [5.74, 6) is 0.474. The number of hydrogen-bond acceptors (Lipinski definition) is 3. The summed E-state index contributed by atoms with van der Waals surface area (Å²) in [5.41, 5.74) is 6.97. The number of benzene rings is 2. The third-order valence-electron chi connectivity index (χ3n) is 3.56. The Balaban J connectivity index is 1.79. The van der Waals surface area contributed by atoms with E-state index in [0.717, 1.165) is 11.1 Å². The van der Waals surface area contributed by atoms with Gasteiger partial charge >= 0.3 is 0 Å². The van der Waals surface area contributed by atoms with Crippen LogP contribution in [0.15, 0.2) is 53.5 Å². The van der Waals surface area contributed by atoms with Crippen LogP contribution in [0.1, 0.15) is 11.1 Å². The molecule has 0 atom stereocenters. The van der Waals surface area contributed by atoms with Gasteiger partial charge in [-0.3, -0.25) is 9.79 Å². The summed E-state index contributed by atoms with van der Waals surface area (Å²) in [6.07, 6.45) is 0.689. The van der Waals surface area contributed by atoms with Gasteiger partial charge in [0.25, 0.3) is 5.91 Å². The van der Waals surface area contributed by atoms with Crippen molar-refractivity contribution in [1.29, 1.82) is 0 Å². The van der Waals surface area contributed by atoms with Crippen molar-refractivity contribution in [2.75, 3.05) is 20.2 Å². The minimum Gasteiger partial charge on any atom is -0.484 e. The maximum Gasteiger partial charge on any atom is 0.255 e. The Morgan fingerprint density at radius 2 is 1.92 bits per heavy atom. The molecule has 0 spiro atoms. The van der Waals surface area contributed by atoms with Crippen molar-refractivity contribution in [3.63, 3.8) is 0 Å². The van der Waals surface area contributed by atoms with E-state index in [1.165, 1.54) is 12.1 Å². The number of carbonyl (C=O) groups is 1. The van der Waals surface area contributed by atoms with Crippen LogP contribution in [0, 0.1) is 5.82 Å². The van der Waals surface area contributed by atoms with Gasteiger partial charge in [0.05, 0.1) is 0 Å². The van der Waals surface area contributed by atoms with Gasteiger partial charge in [0.1, 0.15) is 11.6 Å². The van der Waals surface area contributed by atoms with Crippen LogP contribution < -0.4 is 21.1 Å². The number of amides is 1. The van der Waals surface area contributed by atoms with E-state index < -0.39 is 5.91 Å². The van der Waals surface area contributed by atoms with Crippen LogP contribution in [0.25, 0.3) is 0 Å². The number of guanidine groups is 1. The highest BCUT2D eigenvalue weighted by molar-refractivity contribution is 5.79. The number of nitrogens with two attached hydrogens (primary N) is 1. The van der Waals surface area contributed by atoms with Crippen molar-refractivity contribution >= 4 is 11.9 Å². The first-order chi connectivity index (χ1) is 12.6. The minimum absolute atomic E-state index is 0.153. The van der Waals surface area contributed by atoms with Crippen molar-refractivity contribution in [2.24, 2.45) is 10.7 Å². The van der Waals surface area contributed by atoms with Crippen molar-refractivity contribution in [1.82, 2.24) is 10.6 Å². The number of hydrogen-bond donors (Lipinski definition) is 3. The van der Waals surface area contributed by atoms with Gasteiger partial charge in [0, 0.05) is 20.1 Å². The van der Waals surface area contributed by atoms with Gasteiger partial charge in [-0.2, -0.15) is 0 Å². The van der Waals surface area contributed by atoms with E-state index in [9.17, 15) is 9.18 Å². The fourth-order valence-electron chi connectivity index (χ4n) is 2.32. The van der Waals surface area contributed by atoms with Crippen molar-refractivity contribution in [3.05, 3.63) is 65.5 Å². The average molecular weight is 358 g/mol. The van der Waals surface area contributed by atoms with E-state index >= 15 is 0 Å². The zero-order chi connectivity index (χ0) is 18.8. The number of nitrogens with one attached hydrogen (secondary N) is 2. The van der Waals surface area contributed by atoms with Gasteiger partial charge in [-0.1, -0.05) is 24.3 Å². The second-order valence-electron chi connectivity index (χ2n) is 5.63. The first-order valence-electron chi connectivity index (χ1n) is 8.26. The van der Waals surface area contributed by atoms with Crippen molar-refractivity contribution in [3.8, 4) is 5.75 Å². The monoisotopic (exact) mass is 358 g/mol. The lowest BCUT2D eigenvalue weighted by atomic mass is 10.1. The summed E-state index contributed by atoms with van der Waals surface area (Å²) in [7, 11) is 1.68. The lowest BCUT2D eigenvalue weighted by Gasteiger charge is -2.13. The molecule has 2 rings (SSSR count). The van der Waals surface area contributed by atoms with Crippen LogP contribution in [0.5, 0.6) is 5.75 Å². The molecule has 0 fully saturated rings. The number of primary amides is 1. The second-order valence-corrected chi connectivity index (χ2v) is 5.63. The summed E-state index contributed by atoms with van der Waals surface area (Å²) in [5, 5.41) is 6.38. The van der Waals surface area contributed by atoms with E-state index in [2.05, 4.69) is 15.6 Å². The van der Waals surface area contributed by atoms with Gasteiger partial charge in [-0.15, -0.1) is 0 Å². The molecule has 26 heavy (non-hydrogen) atoms. The predicted molar refractivity (Wildman–Crippen MR) is 99.4 cm³/mol. The summed E-state index contributed by atoms with van der Waals surface area (Å²) >= 11 is 0. The van der Waals surface area contributed by atoms with E-state index in [4.69, 9.17) is 10.5 Å². The van der Waals surface area contributed by atoms with E-state index in [-0.39, 0.29) is 12.4 Å². The number of halogens is 1. The van der Waals surface area contributed by atoms with Crippen LogP contribution in [-0.4, -0.2) is 32.1 Å². The van der Waals surface area contributed by atoms with Gasteiger partial charge in [-0.25, -0.2) is 4.39 Å². The number of rotatable bonds is 8. The molecule has 0 saturated carbocycles. The summed E-state index contributed by atoms with van der Waals surface area (Å²) in [6, 6.07) is 13.9. The van der Waals surface area contributed by atoms with E-state index in [0.29, 0.717) is 31.2 Å². The molecular formula is C19H23FN4O2. The fraction of sp³-hybridized carbons (Fsp3) is 0.263. The maximum atomic E-state index is 13.2. The molecule has 0 heterocycles. The molecule has 0 unspecified atom stereocenters. The van der Waals surface area contributed by atoms with Crippen LogP contribution in [0.3, 0.4) is 0 Å². The molecule has 7 heteroatoms. The molecule has 2 aromatic rings. The van der Waals surface area contributed by atoms with Gasteiger partial charge < -0.3 is 21.1 Å². The summed E-state index contributed by atoms with van der Waals surface area (Å²) in [6.45, 7) is 1.01. The van der Waals surface area contributed by atoms with Gasteiger partial charge in [0.2, 0.25) is 0 Å². The normalized spacial score (nSPS) is 11.1. The van der Waals surface area contributed by atoms with Crippen LogP contribution in [-0.2, 0) is 17.8 Å². The molecule has 4 N–H and O–H groups in total. The Morgan fingerprint density at radius 3 is 2.65 bits per heavy atom. The maximum absolute atomic E-state index is 13.2. The molecule has 0 aliphatic rings. The van der Waals surface area contributed by atoms with E-state index in [1.807, 2.05) is 24.3 Å².